The van der Waals surface area contributed by atoms with Gasteiger partial charge in [0, 0.05) is 30.0 Å². The molecule has 120 valence electrons. The lowest BCUT2D eigenvalue weighted by atomic mass is 9.60. The number of piperidine rings is 2. The van der Waals surface area contributed by atoms with Gasteiger partial charge in [-0.1, -0.05) is 12.1 Å². The second kappa shape index (κ2) is 3.81. The second-order valence-electron chi connectivity index (χ2n) is 8.10. The third-order valence-corrected chi connectivity index (χ3v) is 7.47. The molecule has 5 heterocycles. The number of hydrogen-bond donors (Lipinski definition) is 0. The van der Waals surface area contributed by atoms with Gasteiger partial charge in [0.1, 0.15) is 11.8 Å². The molecule has 0 N–H and O–H groups in total. The lowest BCUT2D eigenvalue weighted by Crippen LogP contribution is -2.71. The van der Waals surface area contributed by atoms with E-state index in [0.29, 0.717) is 11.8 Å². The third kappa shape index (κ3) is 1.19. The van der Waals surface area contributed by atoms with E-state index in [4.69, 9.17) is 4.74 Å². The number of nitrogens with zero attached hydrogens (tertiary/aromatic N) is 2. The van der Waals surface area contributed by atoms with Crippen molar-refractivity contribution in [2.24, 2.45) is 5.41 Å². The average molecular weight is 310 g/mol. The van der Waals surface area contributed by atoms with Crippen LogP contribution >= 0.6 is 0 Å². The molecule has 23 heavy (non-hydrogen) atoms. The molecule has 4 nitrogen and oxygen atoms in total. The van der Waals surface area contributed by atoms with E-state index >= 15 is 0 Å². The van der Waals surface area contributed by atoms with Crippen LogP contribution in [0.15, 0.2) is 24.3 Å². The van der Waals surface area contributed by atoms with E-state index in [0.717, 1.165) is 37.2 Å². The lowest BCUT2D eigenvalue weighted by molar-refractivity contribution is -0.0235. The molecule has 2 bridgehead atoms. The van der Waals surface area contributed by atoms with Crippen molar-refractivity contribution in [3.8, 4) is 0 Å². The highest BCUT2D eigenvalue weighted by molar-refractivity contribution is 6.15. The van der Waals surface area contributed by atoms with Gasteiger partial charge in [-0.3, -0.25) is 9.69 Å². The monoisotopic (exact) mass is 310 g/mol. The average Bonchev–Trinajstić information content (AvgIpc) is 3.16. The lowest BCUT2D eigenvalue weighted by Gasteiger charge is -2.56. The van der Waals surface area contributed by atoms with Gasteiger partial charge in [0.15, 0.2) is 5.78 Å². The SMILES string of the molecule is C[C@H]1O[C@@H]2C[C@]13CCCN1CC[C@]4(C(=O)c5ccccc5N24)[C@H]13. The first-order valence-electron chi connectivity index (χ1n) is 9.01. The highest BCUT2D eigenvalue weighted by Gasteiger charge is 2.75. The van der Waals surface area contributed by atoms with Crippen molar-refractivity contribution >= 4 is 11.5 Å². The molecule has 6 rings (SSSR count). The van der Waals surface area contributed by atoms with Crippen LogP contribution < -0.4 is 4.90 Å². The molecule has 1 aromatic carbocycles. The molecule has 5 aliphatic heterocycles. The summed E-state index contributed by atoms with van der Waals surface area (Å²) in [6.45, 7) is 4.44. The summed E-state index contributed by atoms with van der Waals surface area (Å²) in [7, 11) is 0. The largest absolute Gasteiger partial charge is 0.355 e. The van der Waals surface area contributed by atoms with Gasteiger partial charge >= 0.3 is 0 Å². The Morgan fingerprint density at radius 3 is 3.00 bits per heavy atom. The van der Waals surface area contributed by atoms with Crippen molar-refractivity contribution in [3.63, 3.8) is 0 Å². The molecule has 0 radical (unpaired) electrons. The number of Topliss-reactive ketones (excluding diaryl/α,β-unsaturated/α-hetero) is 1. The van der Waals surface area contributed by atoms with Gasteiger partial charge in [-0.25, -0.2) is 0 Å². The van der Waals surface area contributed by atoms with Crippen LogP contribution in [-0.4, -0.2) is 47.7 Å². The summed E-state index contributed by atoms with van der Waals surface area (Å²) in [4.78, 5) is 18.6. The molecule has 0 saturated carbocycles. The molecular formula is C19H22N2O2. The van der Waals surface area contributed by atoms with Crippen molar-refractivity contribution < 1.29 is 9.53 Å². The normalized spacial score (nSPS) is 46.7. The highest BCUT2D eigenvalue weighted by atomic mass is 16.5. The Hall–Kier alpha value is -1.39. The molecule has 0 amide bonds. The van der Waals surface area contributed by atoms with Crippen molar-refractivity contribution in [2.45, 2.75) is 56.5 Å². The van der Waals surface area contributed by atoms with Crippen LogP contribution in [0.5, 0.6) is 0 Å². The topological polar surface area (TPSA) is 32.8 Å². The molecule has 4 fully saturated rings. The van der Waals surface area contributed by atoms with Gasteiger partial charge in [-0.2, -0.15) is 0 Å². The zero-order valence-corrected chi connectivity index (χ0v) is 13.5. The number of carbonyl (C=O) groups is 1. The second-order valence-corrected chi connectivity index (χ2v) is 8.10. The maximum Gasteiger partial charge on any atom is 0.192 e. The molecule has 5 atom stereocenters. The van der Waals surface area contributed by atoms with Crippen molar-refractivity contribution in [1.82, 2.24) is 4.90 Å². The van der Waals surface area contributed by atoms with E-state index in [1.807, 2.05) is 12.1 Å². The number of ether oxygens (including phenoxy) is 1. The summed E-state index contributed by atoms with van der Waals surface area (Å²) in [6.07, 6.45) is 4.82. The molecule has 2 spiro atoms. The van der Waals surface area contributed by atoms with Crippen LogP contribution in [-0.2, 0) is 4.74 Å². The highest BCUT2D eigenvalue weighted by Crippen LogP contribution is 2.64. The number of ketones is 1. The maximum atomic E-state index is 13.6. The Morgan fingerprint density at radius 2 is 2.09 bits per heavy atom. The van der Waals surface area contributed by atoms with Gasteiger partial charge < -0.3 is 9.64 Å². The number of rotatable bonds is 0. The van der Waals surface area contributed by atoms with Gasteiger partial charge in [0.2, 0.25) is 0 Å². The zero-order chi connectivity index (χ0) is 15.4. The predicted molar refractivity (Wildman–Crippen MR) is 86.6 cm³/mol. The maximum absolute atomic E-state index is 13.6. The molecule has 1 aromatic rings. The first-order valence-corrected chi connectivity index (χ1v) is 9.01. The Balaban J connectivity index is 1.64. The van der Waals surface area contributed by atoms with Crippen LogP contribution in [0.2, 0.25) is 0 Å². The Labute approximate surface area is 136 Å². The quantitative estimate of drug-likeness (QED) is 0.737. The van der Waals surface area contributed by atoms with Crippen molar-refractivity contribution in [3.05, 3.63) is 29.8 Å². The molecular weight excluding hydrogens is 288 g/mol. The summed E-state index contributed by atoms with van der Waals surface area (Å²) >= 11 is 0. The van der Waals surface area contributed by atoms with Crippen molar-refractivity contribution in [1.29, 1.82) is 0 Å². The van der Waals surface area contributed by atoms with Crippen LogP contribution in [0.1, 0.15) is 43.0 Å². The number of benzene rings is 1. The summed E-state index contributed by atoms with van der Waals surface area (Å²) in [5.74, 6) is 0.356. The molecule has 0 aliphatic carbocycles. The number of hydrogen-bond acceptors (Lipinski definition) is 4. The van der Waals surface area contributed by atoms with Gasteiger partial charge in [0.05, 0.1) is 11.8 Å². The van der Waals surface area contributed by atoms with E-state index in [2.05, 4.69) is 28.9 Å². The van der Waals surface area contributed by atoms with E-state index in [-0.39, 0.29) is 23.3 Å². The van der Waals surface area contributed by atoms with Crippen LogP contribution in [0.3, 0.4) is 0 Å². The molecule has 0 aromatic heterocycles. The molecule has 5 aliphatic rings. The summed E-state index contributed by atoms with van der Waals surface area (Å²) < 4.78 is 6.46. The Bertz CT molecular complexity index is 734. The first-order chi connectivity index (χ1) is 11.2. The van der Waals surface area contributed by atoms with E-state index in [1.54, 1.807) is 0 Å². The minimum Gasteiger partial charge on any atom is -0.355 e. The Morgan fingerprint density at radius 1 is 1.22 bits per heavy atom. The van der Waals surface area contributed by atoms with E-state index in [9.17, 15) is 4.79 Å². The molecule has 0 unspecified atom stereocenters. The summed E-state index contributed by atoms with van der Waals surface area (Å²) in [5.41, 5.74) is 1.84. The summed E-state index contributed by atoms with van der Waals surface area (Å²) in [6, 6.07) is 8.51. The zero-order valence-electron chi connectivity index (χ0n) is 13.5. The molecule has 4 saturated heterocycles. The number of anilines is 1. The van der Waals surface area contributed by atoms with Crippen LogP contribution in [0, 0.1) is 5.41 Å². The fourth-order valence-corrected chi connectivity index (χ4v) is 6.75. The standard InChI is InChI=1S/C19H22N2O2/c1-12-18-7-4-9-20-10-8-19(17(18)20)16(22)13-5-2-3-6-14(13)21(19)15(11-18)23-12/h2-3,5-6,12,15,17H,4,7-11H2,1H3/t12-,15-,17-,18-,19+/m1/s1. The predicted octanol–water partition coefficient (Wildman–Crippen LogP) is 2.43. The van der Waals surface area contributed by atoms with Gasteiger partial charge in [-0.05, 0) is 44.9 Å². The Kier molecular flexibility index (Phi) is 2.15. The number of fused-ring (bicyclic) bond motifs is 4. The smallest absolute Gasteiger partial charge is 0.192 e. The van der Waals surface area contributed by atoms with Crippen LogP contribution in [0.25, 0.3) is 0 Å². The van der Waals surface area contributed by atoms with E-state index in [1.165, 1.54) is 12.8 Å². The minimum absolute atomic E-state index is 0.0758. The molecule has 4 heteroatoms. The third-order valence-electron chi connectivity index (χ3n) is 7.47. The summed E-state index contributed by atoms with van der Waals surface area (Å²) in [5, 5.41) is 0. The van der Waals surface area contributed by atoms with E-state index < -0.39 is 0 Å². The van der Waals surface area contributed by atoms with Crippen LogP contribution in [0.4, 0.5) is 5.69 Å². The first kappa shape index (κ1) is 13.0. The number of carbonyl (C=O) groups excluding carboxylic acids is 1. The number of para-hydroxylation sites is 1. The minimum atomic E-state index is -0.363. The van der Waals surface area contributed by atoms with Gasteiger partial charge in [0.25, 0.3) is 0 Å². The van der Waals surface area contributed by atoms with Crippen molar-refractivity contribution in [2.75, 3.05) is 18.0 Å². The van der Waals surface area contributed by atoms with Gasteiger partial charge in [-0.15, -0.1) is 0 Å². The fourth-order valence-electron chi connectivity index (χ4n) is 6.75. The fraction of sp³-hybridized carbons (Fsp3) is 0.632.